The lowest BCUT2D eigenvalue weighted by molar-refractivity contribution is -0.135. The van der Waals surface area contributed by atoms with E-state index < -0.39 is 19.9 Å². The Balaban J connectivity index is 1.46. The molecule has 7 nitrogen and oxygen atoms in total. The Morgan fingerprint density at radius 3 is 2.54 bits per heavy atom. The monoisotopic (exact) mass is 546 g/mol. The summed E-state index contributed by atoms with van der Waals surface area (Å²) in [6.45, 7) is 13.7. The molecule has 0 radical (unpaired) electrons. The van der Waals surface area contributed by atoms with Crippen LogP contribution in [0.3, 0.4) is 0 Å². The van der Waals surface area contributed by atoms with E-state index in [0.717, 1.165) is 39.2 Å². The Kier molecular flexibility index (Phi) is 8.27. The average molecular weight is 547 g/mol. The third-order valence-corrected chi connectivity index (χ3v) is 12.0. The first-order valence-corrected chi connectivity index (χ1v) is 16.1. The van der Waals surface area contributed by atoms with E-state index in [2.05, 4.69) is 56.1 Å². The van der Waals surface area contributed by atoms with Crippen molar-refractivity contribution in [3.8, 4) is 5.75 Å². The van der Waals surface area contributed by atoms with Crippen LogP contribution in [0.2, 0.25) is 18.1 Å². The van der Waals surface area contributed by atoms with Crippen molar-refractivity contribution in [2.75, 3.05) is 13.7 Å². The molecule has 0 bridgehead atoms. The van der Waals surface area contributed by atoms with Gasteiger partial charge in [-0.05, 0) is 73.1 Å². The number of carbonyl (C=O) groups excluding carboxylic acids is 1. The zero-order valence-electron chi connectivity index (χ0n) is 23.9. The van der Waals surface area contributed by atoms with Gasteiger partial charge in [0.2, 0.25) is 0 Å². The molecule has 1 aliphatic rings. The van der Waals surface area contributed by atoms with E-state index in [4.69, 9.17) is 18.7 Å². The Bertz CT molecular complexity index is 1390. The maximum absolute atomic E-state index is 11.9. The summed E-state index contributed by atoms with van der Waals surface area (Å²) >= 11 is 0. The third kappa shape index (κ3) is 6.75. The number of aromatic nitrogens is 1. The number of methoxy groups -OCH3 is 1. The molecule has 2 heterocycles. The molecule has 0 saturated carbocycles. The molecule has 0 N–H and O–H groups in total. The predicted octanol–water partition coefficient (Wildman–Crippen LogP) is 6.74. The number of pyridine rings is 1. The lowest BCUT2D eigenvalue weighted by Gasteiger charge is -2.38. The zero-order chi connectivity index (χ0) is 28.3. The molecule has 1 aliphatic heterocycles. The minimum atomic E-state index is -2.05. The van der Waals surface area contributed by atoms with Gasteiger partial charge in [0, 0.05) is 29.1 Å². The van der Waals surface area contributed by atoms with Crippen LogP contribution in [-0.4, -0.2) is 44.3 Å². The van der Waals surface area contributed by atoms with Gasteiger partial charge in [0.1, 0.15) is 12.4 Å². The number of ether oxygens (including phenoxy) is 2. The number of hydrogen-bond donors (Lipinski definition) is 0. The fraction of sp³-hybridized carbons (Fsp3) is 0.387. The average Bonchev–Trinajstić information content (AvgIpc) is 3.33. The first-order chi connectivity index (χ1) is 18.4. The van der Waals surface area contributed by atoms with Crippen molar-refractivity contribution < 1.29 is 23.5 Å². The Hall–Kier alpha value is -3.49. The Morgan fingerprint density at radius 1 is 1.13 bits per heavy atom. The molecule has 1 atom stereocenters. The summed E-state index contributed by atoms with van der Waals surface area (Å²) in [7, 11) is -0.700. The van der Waals surface area contributed by atoms with Gasteiger partial charge in [-0.3, -0.25) is 4.98 Å². The van der Waals surface area contributed by atoms with Crippen molar-refractivity contribution in [3.05, 3.63) is 83.6 Å². The Morgan fingerprint density at radius 2 is 1.85 bits per heavy atom. The highest BCUT2D eigenvalue weighted by Crippen LogP contribution is 2.39. The highest BCUT2D eigenvalue weighted by Gasteiger charge is 2.43. The largest absolute Gasteiger partial charge is 0.489 e. The van der Waals surface area contributed by atoms with Crippen LogP contribution in [0.5, 0.6) is 5.75 Å². The fourth-order valence-electron chi connectivity index (χ4n) is 4.09. The fourth-order valence-corrected chi connectivity index (χ4v) is 5.13. The molecule has 0 saturated heterocycles. The predicted molar refractivity (Wildman–Crippen MR) is 157 cm³/mol. The van der Waals surface area contributed by atoms with Gasteiger partial charge in [-0.2, -0.15) is 0 Å². The van der Waals surface area contributed by atoms with E-state index in [9.17, 15) is 4.79 Å². The molecule has 0 aliphatic carbocycles. The van der Waals surface area contributed by atoms with Gasteiger partial charge in [0.05, 0.1) is 24.9 Å². The smallest absolute Gasteiger partial charge is 0.330 e. The van der Waals surface area contributed by atoms with E-state index in [1.807, 2.05) is 49.4 Å². The van der Waals surface area contributed by atoms with Gasteiger partial charge < -0.3 is 18.7 Å². The van der Waals surface area contributed by atoms with Crippen LogP contribution in [0.4, 0.5) is 0 Å². The maximum Gasteiger partial charge on any atom is 0.330 e. The van der Waals surface area contributed by atoms with Crippen molar-refractivity contribution in [1.29, 1.82) is 0 Å². The van der Waals surface area contributed by atoms with Crippen LogP contribution < -0.4 is 4.74 Å². The van der Waals surface area contributed by atoms with Crippen LogP contribution in [0.15, 0.2) is 71.9 Å². The Labute approximate surface area is 232 Å². The standard InChI is InChI=1S/C31H38N2O5Si/c1-22-18-24(26-10-8-9-11-27(26)32-22)20-36-25-14-12-23(13-15-25)28-19-31(38-33-28,17-16-29(34)35-5)21-37-39(6,7)30(2,3)4/h8-18H,19-21H2,1-7H3/b17-16+. The molecule has 39 heavy (non-hydrogen) atoms. The number of hydrogen-bond acceptors (Lipinski definition) is 7. The van der Waals surface area contributed by atoms with Crippen molar-refractivity contribution in [3.63, 3.8) is 0 Å². The molecular weight excluding hydrogens is 508 g/mol. The van der Waals surface area contributed by atoms with E-state index in [1.165, 1.54) is 13.2 Å². The van der Waals surface area contributed by atoms with Gasteiger partial charge >= 0.3 is 5.97 Å². The number of benzene rings is 2. The summed E-state index contributed by atoms with van der Waals surface area (Å²) < 4.78 is 17.4. The number of carbonyl (C=O) groups is 1. The minimum absolute atomic E-state index is 0.0413. The number of oxime groups is 1. The van der Waals surface area contributed by atoms with Gasteiger partial charge in [0.25, 0.3) is 0 Å². The molecular formula is C31H38N2O5Si. The SMILES string of the molecule is COC(=O)/C=C/C1(CO[Si](C)(C)C(C)(C)C)CC(c2ccc(OCc3cc(C)nc4ccccc34)cc2)=NO1. The molecule has 2 aromatic carbocycles. The number of aryl methyl sites for hydroxylation is 1. The lowest BCUT2D eigenvalue weighted by Crippen LogP contribution is -2.46. The van der Waals surface area contributed by atoms with Crippen LogP contribution in [0, 0.1) is 6.92 Å². The number of esters is 1. The lowest BCUT2D eigenvalue weighted by atomic mass is 9.94. The van der Waals surface area contributed by atoms with Gasteiger partial charge in [0.15, 0.2) is 13.9 Å². The summed E-state index contributed by atoms with van der Waals surface area (Å²) in [5, 5.41) is 5.53. The summed E-state index contributed by atoms with van der Waals surface area (Å²) in [6, 6.07) is 18.0. The quantitative estimate of drug-likeness (QED) is 0.168. The molecule has 4 rings (SSSR count). The number of fused-ring (bicyclic) bond motifs is 1. The second-order valence-corrected chi connectivity index (χ2v) is 16.3. The maximum atomic E-state index is 11.9. The van der Waals surface area contributed by atoms with Gasteiger partial charge in [-0.25, -0.2) is 4.79 Å². The zero-order valence-corrected chi connectivity index (χ0v) is 24.9. The van der Waals surface area contributed by atoms with Crippen LogP contribution in [0.25, 0.3) is 10.9 Å². The highest BCUT2D eigenvalue weighted by molar-refractivity contribution is 6.74. The minimum Gasteiger partial charge on any atom is -0.489 e. The second kappa shape index (κ2) is 11.3. The topological polar surface area (TPSA) is 79.2 Å². The summed E-state index contributed by atoms with van der Waals surface area (Å²) in [4.78, 5) is 22.4. The van der Waals surface area contributed by atoms with Gasteiger partial charge in [-0.1, -0.05) is 44.1 Å². The number of para-hydroxylation sites is 1. The second-order valence-electron chi connectivity index (χ2n) is 11.5. The summed E-state index contributed by atoms with van der Waals surface area (Å²) in [5.41, 5.74) is 3.85. The summed E-state index contributed by atoms with van der Waals surface area (Å²) in [6.07, 6.45) is 3.56. The van der Waals surface area contributed by atoms with Crippen LogP contribution in [0.1, 0.15) is 44.0 Å². The van der Waals surface area contributed by atoms with Gasteiger partial charge in [-0.15, -0.1) is 0 Å². The summed E-state index contributed by atoms with van der Waals surface area (Å²) in [5.74, 6) is 0.312. The number of rotatable bonds is 9. The highest BCUT2D eigenvalue weighted by atomic mass is 28.4. The number of nitrogens with zero attached hydrogens (tertiary/aromatic N) is 2. The van der Waals surface area contributed by atoms with Crippen LogP contribution in [-0.2, 0) is 25.4 Å². The van der Waals surface area contributed by atoms with Crippen molar-refractivity contribution in [2.45, 2.75) is 64.5 Å². The molecule has 3 aromatic rings. The van der Waals surface area contributed by atoms with E-state index in [0.29, 0.717) is 19.6 Å². The molecule has 1 unspecified atom stereocenters. The van der Waals surface area contributed by atoms with E-state index in [1.54, 1.807) is 6.08 Å². The first-order valence-electron chi connectivity index (χ1n) is 13.2. The van der Waals surface area contributed by atoms with Crippen LogP contribution >= 0.6 is 0 Å². The molecule has 8 heteroatoms. The van der Waals surface area contributed by atoms with E-state index >= 15 is 0 Å². The molecule has 0 amide bonds. The molecule has 206 valence electrons. The van der Waals surface area contributed by atoms with E-state index in [-0.39, 0.29) is 5.04 Å². The van der Waals surface area contributed by atoms with Crippen molar-refractivity contribution in [1.82, 2.24) is 4.98 Å². The first kappa shape index (κ1) is 28.5. The molecule has 1 aromatic heterocycles. The van der Waals surface area contributed by atoms with Crippen molar-refractivity contribution >= 4 is 30.9 Å². The third-order valence-electron chi connectivity index (χ3n) is 7.52. The molecule has 0 fully saturated rings. The molecule has 0 spiro atoms. The van der Waals surface area contributed by atoms with Crippen molar-refractivity contribution in [2.24, 2.45) is 5.16 Å². The normalized spacial score (nSPS) is 17.8.